The number of rotatable bonds is 3. The van der Waals surface area contributed by atoms with E-state index >= 15 is 0 Å². The van der Waals surface area contributed by atoms with Gasteiger partial charge in [0.2, 0.25) is 0 Å². The van der Waals surface area contributed by atoms with Gasteiger partial charge in [-0.25, -0.2) is 8.78 Å². The van der Waals surface area contributed by atoms with Crippen molar-refractivity contribution in [3.05, 3.63) is 34.4 Å². The summed E-state index contributed by atoms with van der Waals surface area (Å²) in [6.45, 7) is 3.50. The van der Waals surface area contributed by atoms with Crippen LogP contribution in [0.5, 0.6) is 0 Å². The Morgan fingerprint density at radius 3 is 2.61 bits per heavy atom. The average Bonchev–Trinajstić information content (AvgIpc) is 2.28. The molecule has 98 valence electrons. The standard InChI is InChI=1S/C12H12ClF2NO2/c1-12(5-18-6-12)4-16-11(17)7-2-9(14)10(15)3-8(7)13/h2-3H,4-6H2,1H3,(H,16,17). The average molecular weight is 276 g/mol. The summed E-state index contributed by atoms with van der Waals surface area (Å²) in [6.07, 6.45) is 0. The predicted molar refractivity (Wildman–Crippen MR) is 62.6 cm³/mol. The minimum Gasteiger partial charge on any atom is -0.380 e. The molecule has 0 aromatic heterocycles. The molecule has 0 saturated carbocycles. The maximum Gasteiger partial charge on any atom is 0.252 e. The van der Waals surface area contributed by atoms with E-state index in [1.807, 2.05) is 6.92 Å². The van der Waals surface area contributed by atoms with E-state index in [2.05, 4.69) is 5.32 Å². The number of benzene rings is 1. The summed E-state index contributed by atoms with van der Waals surface area (Å²) in [7, 11) is 0. The van der Waals surface area contributed by atoms with Crippen molar-refractivity contribution >= 4 is 17.5 Å². The normalized spacial score (nSPS) is 17.1. The van der Waals surface area contributed by atoms with Crippen LogP contribution >= 0.6 is 11.6 Å². The Bertz CT molecular complexity index is 489. The number of carbonyl (C=O) groups excluding carboxylic acids is 1. The fourth-order valence-electron chi connectivity index (χ4n) is 1.64. The zero-order chi connectivity index (χ0) is 13.3. The van der Waals surface area contributed by atoms with Gasteiger partial charge in [0.05, 0.1) is 23.8 Å². The second-order valence-electron chi connectivity index (χ2n) is 4.73. The Kier molecular flexibility index (Phi) is 3.54. The van der Waals surface area contributed by atoms with Crippen molar-refractivity contribution in [2.24, 2.45) is 5.41 Å². The highest BCUT2D eigenvalue weighted by Crippen LogP contribution is 2.26. The van der Waals surface area contributed by atoms with Crippen LogP contribution in [0.1, 0.15) is 17.3 Å². The van der Waals surface area contributed by atoms with Crippen LogP contribution in [0.15, 0.2) is 12.1 Å². The van der Waals surface area contributed by atoms with Gasteiger partial charge < -0.3 is 10.1 Å². The fraction of sp³-hybridized carbons (Fsp3) is 0.417. The van der Waals surface area contributed by atoms with Crippen molar-refractivity contribution in [2.45, 2.75) is 6.92 Å². The number of nitrogens with one attached hydrogen (secondary N) is 1. The molecule has 0 radical (unpaired) electrons. The lowest BCUT2D eigenvalue weighted by Gasteiger charge is -2.38. The molecule has 3 nitrogen and oxygen atoms in total. The summed E-state index contributed by atoms with van der Waals surface area (Å²) in [6, 6.07) is 1.59. The maximum atomic E-state index is 13.0. The molecule has 1 aromatic rings. The zero-order valence-electron chi connectivity index (χ0n) is 9.73. The van der Waals surface area contributed by atoms with E-state index in [9.17, 15) is 13.6 Å². The lowest BCUT2D eigenvalue weighted by atomic mass is 9.88. The third kappa shape index (κ3) is 2.62. The maximum absolute atomic E-state index is 13.0. The topological polar surface area (TPSA) is 38.3 Å². The molecule has 1 aliphatic heterocycles. The zero-order valence-corrected chi connectivity index (χ0v) is 10.5. The van der Waals surface area contributed by atoms with Crippen molar-refractivity contribution in [1.29, 1.82) is 0 Å². The summed E-state index contributed by atoms with van der Waals surface area (Å²) in [5.41, 5.74) is -0.167. The van der Waals surface area contributed by atoms with Crippen molar-refractivity contribution in [1.82, 2.24) is 5.32 Å². The summed E-state index contributed by atoms with van der Waals surface area (Å²) in [4.78, 5) is 11.8. The van der Waals surface area contributed by atoms with Crippen LogP contribution in [-0.2, 0) is 4.74 Å². The molecule has 0 bridgehead atoms. The highest BCUT2D eigenvalue weighted by molar-refractivity contribution is 6.33. The van der Waals surface area contributed by atoms with Crippen LogP contribution in [-0.4, -0.2) is 25.7 Å². The molecule has 1 aliphatic rings. The largest absolute Gasteiger partial charge is 0.380 e. The first kappa shape index (κ1) is 13.2. The monoisotopic (exact) mass is 275 g/mol. The quantitative estimate of drug-likeness (QED) is 0.860. The summed E-state index contributed by atoms with van der Waals surface area (Å²) >= 11 is 5.70. The molecule has 18 heavy (non-hydrogen) atoms. The second-order valence-corrected chi connectivity index (χ2v) is 5.14. The van der Waals surface area contributed by atoms with Gasteiger partial charge in [-0.15, -0.1) is 0 Å². The summed E-state index contributed by atoms with van der Waals surface area (Å²) < 4.78 is 30.9. The Morgan fingerprint density at radius 1 is 1.44 bits per heavy atom. The molecular formula is C12H12ClF2NO2. The van der Waals surface area contributed by atoms with Gasteiger partial charge in [-0.05, 0) is 12.1 Å². The molecule has 2 rings (SSSR count). The highest BCUT2D eigenvalue weighted by Gasteiger charge is 2.33. The Labute approximate surface area is 108 Å². The Morgan fingerprint density at radius 2 is 2.06 bits per heavy atom. The van der Waals surface area contributed by atoms with E-state index in [4.69, 9.17) is 16.3 Å². The second kappa shape index (κ2) is 4.82. The van der Waals surface area contributed by atoms with Gasteiger partial charge in [-0.2, -0.15) is 0 Å². The Balaban J connectivity index is 2.06. The molecule has 0 unspecified atom stereocenters. The van der Waals surface area contributed by atoms with Gasteiger partial charge in [0.25, 0.3) is 5.91 Å². The summed E-state index contributed by atoms with van der Waals surface area (Å²) in [5.74, 6) is -2.69. The number of carbonyl (C=O) groups is 1. The molecule has 1 N–H and O–H groups in total. The van der Waals surface area contributed by atoms with Crippen molar-refractivity contribution in [3.63, 3.8) is 0 Å². The van der Waals surface area contributed by atoms with E-state index in [-0.39, 0.29) is 16.0 Å². The molecule has 0 aliphatic carbocycles. The van der Waals surface area contributed by atoms with Crippen molar-refractivity contribution < 1.29 is 18.3 Å². The van der Waals surface area contributed by atoms with Crippen LogP contribution in [0, 0.1) is 17.0 Å². The van der Waals surface area contributed by atoms with Gasteiger partial charge in [0, 0.05) is 12.0 Å². The van der Waals surface area contributed by atoms with Crippen molar-refractivity contribution in [3.8, 4) is 0 Å². The lowest BCUT2D eigenvalue weighted by Crippen LogP contribution is -2.48. The molecule has 1 aromatic carbocycles. The molecule has 1 saturated heterocycles. The van der Waals surface area contributed by atoms with Gasteiger partial charge >= 0.3 is 0 Å². The van der Waals surface area contributed by atoms with Crippen LogP contribution in [0.3, 0.4) is 0 Å². The van der Waals surface area contributed by atoms with E-state index in [0.29, 0.717) is 19.8 Å². The Hall–Kier alpha value is -1.20. The van der Waals surface area contributed by atoms with E-state index in [1.54, 1.807) is 0 Å². The number of hydrogen-bond acceptors (Lipinski definition) is 2. The number of ether oxygens (including phenoxy) is 1. The minimum atomic E-state index is -1.09. The smallest absolute Gasteiger partial charge is 0.252 e. The van der Waals surface area contributed by atoms with Gasteiger partial charge in [-0.3, -0.25) is 4.79 Å². The van der Waals surface area contributed by atoms with Gasteiger partial charge in [-0.1, -0.05) is 18.5 Å². The van der Waals surface area contributed by atoms with Crippen LogP contribution in [0.2, 0.25) is 5.02 Å². The van der Waals surface area contributed by atoms with Crippen molar-refractivity contribution in [2.75, 3.05) is 19.8 Å². The van der Waals surface area contributed by atoms with Crippen LogP contribution in [0.25, 0.3) is 0 Å². The van der Waals surface area contributed by atoms with Gasteiger partial charge in [0.1, 0.15) is 0 Å². The SMILES string of the molecule is CC1(CNC(=O)c2cc(F)c(F)cc2Cl)COC1. The molecule has 0 spiro atoms. The molecular weight excluding hydrogens is 264 g/mol. The number of hydrogen-bond donors (Lipinski definition) is 1. The minimum absolute atomic E-state index is 0.0700. The predicted octanol–water partition coefficient (Wildman–Crippen LogP) is 2.38. The third-order valence-corrected chi connectivity index (χ3v) is 3.14. The van der Waals surface area contributed by atoms with Gasteiger partial charge in [0.15, 0.2) is 11.6 Å². The fourth-order valence-corrected chi connectivity index (χ4v) is 1.87. The molecule has 1 fully saturated rings. The molecule has 1 amide bonds. The van der Waals surface area contributed by atoms with E-state index in [0.717, 1.165) is 12.1 Å². The van der Waals surface area contributed by atoms with E-state index in [1.165, 1.54) is 0 Å². The summed E-state index contributed by atoms with van der Waals surface area (Å²) in [5, 5.41) is 2.53. The molecule has 1 heterocycles. The van der Waals surface area contributed by atoms with E-state index < -0.39 is 17.5 Å². The first-order chi connectivity index (χ1) is 8.41. The number of halogens is 3. The number of amides is 1. The third-order valence-electron chi connectivity index (χ3n) is 2.83. The molecule has 0 atom stereocenters. The van der Waals surface area contributed by atoms with Crippen LogP contribution < -0.4 is 5.32 Å². The van der Waals surface area contributed by atoms with Crippen LogP contribution in [0.4, 0.5) is 8.78 Å². The molecule has 6 heteroatoms. The first-order valence-corrected chi connectivity index (χ1v) is 5.80. The highest BCUT2D eigenvalue weighted by atomic mass is 35.5. The lowest BCUT2D eigenvalue weighted by molar-refractivity contribution is -0.0978. The first-order valence-electron chi connectivity index (χ1n) is 5.42.